The zero-order valence-corrected chi connectivity index (χ0v) is 12.3. The van der Waals surface area contributed by atoms with Gasteiger partial charge >= 0.3 is 0 Å². The monoisotopic (exact) mass is 330 g/mol. The van der Waals surface area contributed by atoms with Crippen LogP contribution in [-0.4, -0.2) is 15.1 Å². The number of nitrogen functional groups attached to an aromatic ring is 1. The number of pyridine rings is 1. The number of nitrogens with zero attached hydrogens (tertiary/aromatic N) is 3. The Hall–Kier alpha value is -2.21. The molecule has 3 rings (SSSR count). The fourth-order valence-electron chi connectivity index (χ4n) is 1.83. The van der Waals surface area contributed by atoms with Crippen molar-refractivity contribution < 1.29 is 4.52 Å². The lowest BCUT2D eigenvalue weighted by molar-refractivity contribution is 0.432. The summed E-state index contributed by atoms with van der Waals surface area (Å²) >= 11 is 3.35. The van der Waals surface area contributed by atoms with Gasteiger partial charge < -0.3 is 10.3 Å². The quantitative estimate of drug-likeness (QED) is 0.728. The van der Waals surface area contributed by atoms with Gasteiger partial charge in [-0.1, -0.05) is 11.2 Å². The summed E-state index contributed by atoms with van der Waals surface area (Å²) in [6, 6.07) is 9.32. The lowest BCUT2D eigenvalue weighted by Gasteiger charge is -1.99. The largest absolute Gasteiger partial charge is 0.398 e. The van der Waals surface area contributed by atoms with Crippen molar-refractivity contribution in [2.75, 3.05) is 5.73 Å². The van der Waals surface area contributed by atoms with E-state index in [1.54, 1.807) is 12.3 Å². The summed E-state index contributed by atoms with van der Waals surface area (Å²) in [4.78, 5) is 8.64. The van der Waals surface area contributed by atoms with Gasteiger partial charge in [0.05, 0.1) is 0 Å². The van der Waals surface area contributed by atoms with E-state index in [2.05, 4.69) is 31.1 Å². The van der Waals surface area contributed by atoms with Crippen LogP contribution in [0.3, 0.4) is 0 Å². The molecule has 0 aliphatic rings. The standard InChI is InChI=1S/C14H11BrN4O/c1-8-3-2-6-17-12(8)13-18-14(20-19-13)9-4-5-10(15)11(16)7-9/h2-7H,16H2,1H3. The van der Waals surface area contributed by atoms with Crippen molar-refractivity contribution in [2.24, 2.45) is 0 Å². The molecule has 0 fully saturated rings. The molecular weight excluding hydrogens is 320 g/mol. The molecule has 100 valence electrons. The van der Waals surface area contributed by atoms with Crippen molar-refractivity contribution in [3.05, 3.63) is 46.6 Å². The Kier molecular flexibility index (Phi) is 3.23. The Morgan fingerprint density at radius 2 is 2.10 bits per heavy atom. The second kappa shape index (κ2) is 5.05. The van der Waals surface area contributed by atoms with E-state index >= 15 is 0 Å². The molecule has 2 aromatic heterocycles. The number of anilines is 1. The Morgan fingerprint density at radius 3 is 2.85 bits per heavy atom. The molecule has 1 aromatic carbocycles. The minimum atomic E-state index is 0.421. The third kappa shape index (κ3) is 2.30. The highest BCUT2D eigenvalue weighted by atomic mass is 79.9. The first kappa shape index (κ1) is 12.8. The van der Waals surface area contributed by atoms with E-state index in [-0.39, 0.29) is 0 Å². The maximum absolute atomic E-state index is 5.85. The average molecular weight is 331 g/mol. The normalized spacial score (nSPS) is 10.7. The van der Waals surface area contributed by atoms with Crippen LogP contribution in [0.2, 0.25) is 0 Å². The molecule has 0 aliphatic carbocycles. The van der Waals surface area contributed by atoms with Gasteiger partial charge in [-0.25, -0.2) is 0 Å². The van der Waals surface area contributed by atoms with Crippen LogP contribution in [0.1, 0.15) is 5.56 Å². The molecule has 5 nitrogen and oxygen atoms in total. The van der Waals surface area contributed by atoms with Gasteiger partial charge in [0, 0.05) is 21.9 Å². The lowest BCUT2D eigenvalue weighted by Crippen LogP contribution is -1.90. The van der Waals surface area contributed by atoms with Crippen LogP contribution in [0, 0.1) is 6.92 Å². The van der Waals surface area contributed by atoms with Crippen LogP contribution < -0.4 is 5.73 Å². The number of benzene rings is 1. The summed E-state index contributed by atoms with van der Waals surface area (Å²) in [6.45, 7) is 1.95. The molecule has 0 unspecified atom stereocenters. The number of aromatic nitrogens is 3. The van der Waals surface area contributed by atoms with Crippen molar-refractivity contribution in [1.82, 2.24) is 15.1 Å². The summed E-state index contributed by atoms with van der Waals surface area (Å²) < 4.78 is 6.12. The van der Waals surface area contributed by atoms with Crippen LogP contribution in [0.15, 0.2) is 45.5 Å². The smallest absolute Gasteiger partial charge is 0.258 e. The van der Waals surface area contributed by atoms with Gasteiger partial charge in [-0.3, -0.25) is 4.98 Å². The number of hydrogen-bond donors (Lipinski definition) is 1. The highest BCUT2D eigenvalue weighted by Gasteiger charge is 2.13. The summed E-state index contributed by atoms with van der Waals surface area (Å²) in [6.07, 6.45) is 1.70. The Balaban J connectivity index is 2.02. The Labute approximate surface area is 124 Å². The van der Waals surface area contributed by atoms with Crippen molar-refractivity contribution in [3.63, 3.8) is 0 Å². The second-order valence-electron chi connectivity index (χ2n) is 4.33. The molecule has 0 radical (unpaired) electrons. The number of rotatable bonds is 2. The summed E-state index contributed by atoms with van der Waals surface area (Å²) in [5, 5.41) is 3.97. The molecule has 2 heterocycles. The van der Waals surface area contributed by atoms with Crippen LogP contribution in [-0.2, 0) is 0 Å². The third-order valence-electron chi connectivity index (χ3n) is 2.89. The van der Waals surface area contributed by atoms with Gasteiger partial charge in [-0.15, -0.1) is 0 Å². The van der Waals surface area contributed by atoms with E-state index in [4.69, 9.17) is 10.3 Å². The van der Waals surface area contributed by atoms with Crippen molar-refractivity contribution >= 4 is 21.6 Å². The number of halogens is 1. The van der Waals surface area contributed by atoms with Crippen LogP contribution in [0.5, 0.6) is 0 Å². The van der Waals surface area contributed by atoms with Crippen molar-refractivity contribution in [3.8, 4) is 23.0 Å². The van der Waals surface area contributed by atoms with Crippen molar-refractivity contribution in [1.29, 1.82) is 0 Å². The van der Waals surface area contributed by atoms with E-state index in [0.717, 1.165) is 15.6 Å². The molecule has 6 heteroatoms. The third-order valence-corrected chi connectivity index (χ3v) is 3.61. The first-order chi connectivity index (χ1) is 9.65. The molecule has 0 saturated heterocycles. The molecule has 2 N–H and O–H groups in total. The first-order valence-corrected chi connectivity index (χ1v) is 6.75. The molecule has 0 bridgehead atoms. The number of aryl methyl sites for hydroxylation is 1. The van der Waals surface area contributed by atoms with Gasteiger partial charge in [0.2, 0.25) is 5.82 Å². The Bertz CT molecular complexity index is 769. The summed E-state index contributed by atoms with van der Waals surface area (Å²) in [5.74, 6) is 0.892. The van der Waals surface area contributed by atoms with Gasteiger partial charge in [-0.2, -0.15) is 4.98 Å². The van der Waals surface area contributed by atoms with Gasteiger partial charge in [0.25, 0.3) is 5.89 Å². The maximum atomic E-state index is 5.85. The fourth-order valence-corrected chi connectivity index (χ4v) is 2.08. The molecule has 20 heavy (non-hydrogen) atoms. The second-order valence-corrected chi connectivity index (χ2v) is 5.18. The molecule has 0 atom stereocenters. The van der Waals surface area contributed by atoms with Crippen LogP contribution >= 0.6 is 15.9 Å². The highest BCUT2D eigenvalue weighted by Crippen LogP contribution is 2.27. The maximum Gasteiger partial charge on any atom is 0.258 e. The summed E-state index contributed by atoms with van der Waals surface area (Å²) in [7, 11) is 0. The van der Waals surface area contributed by atoms with E-state index in [0.29, 0.717) is 23.1 Å². The van der Waals surface area contributed by atoms with E-state index in [1.165, 1.54) is 0 Å². The summed E-state index contributed by atoms with van der Waals surface area (Å²) in [5.41, 5.74) is 8.96. The highest BCUT2D eigenvalue weighted by molar-refractivity contribution is 9.10. The van der Waals surface area contributed by atoms with Gasteiger partial charge in [0.15, 0.2) is 0 Å². The molecule has 0 amide bonds. The molecular formula is C14H11BrN4O. The van der Waals surface area contributed by atoms with E-state index < -0.39 is 0 Å². The van der Waals surface area contributed by atoms with E-state index in [1.807, 2.05) is 31.2 Å². The predicted octanol–water partition coefficient (Wildman–Crippen LogP) is 3.45. The SMILES string of the molecule is Cc1cccnc1-c1noc(-c2ccc(Br)c(N)c2)n1. The average Bonchev–Trinajstić information content (AvgIpc) is 2.92. The zero-order chi connectivity index (χ0) is 14.1. The van der Waals surface area contributed by atoms with Gasteiger partial charge in [-0.05, 0) is 52.7 Å². The van der Waals surface area contributed by atoms with Crippen LogP contribution in [0.25, 0.3) is 23.0 Å². The van der Waals surface area contributed by atoms with Gasteiger partial charge in [0.1, 0.15) is 5.69 Å². The Morgan fingerprint density at radius 1 is 1.25 bits per heavy atom. The minimum absolute atomic E-state index is 0.421. The minimum Gasteiger partial charge on any atom is -0.398 e. The molecule has 0 saturated carbocycles. The number of nitrogens with two attached hydrogens (primary N) is 1. The lowest BCUT2D eigenvalue weighted by atomic mass is 10.2. The van der Waals surface area contributed by atoms with E-state index in [9.17, 15) is 0 Å². The fraction of sp³-hybridized carbons (Fsp3) is 0.0714. The molecule has 0 spiro atoms. The molecule has 0 aliphatic heterocycles. The van der Waals surface area contributed by atoms with Crippen molar-refractivity contribution in [2.45, 2.75) is 6.92 Å². The predicted molar refractivity (Wildman–Crippen MR) is 79.8 cm³/mol. The topological polar surface area (TPSA) is 77.8 Å². The molecule has 3 aromatic rings. The first-order valence-electron chi connectivity index (χ1n) is 5.96. The van der Waals surface area contributed by atoms with Crippen LogP contribution in [0.4, 0.5) is 5.69 Å². The number of hydrogen-bond acceptors (Lipinski definition) is 5. The zero-order valence-electron chi connectivity index (χ0n) is 10.7.